The van der Waals surface area contributed by atoms with E-state index in [9.17, 15) is 18.4 Å². The first-order valence-corrected chi connectivity index (χ1v) is 16.8. The second-order valence-corrected chi connectivity index (χ2v) is 13.0. The van der Waals surface area contributed by atoms with Crippen LogP contribution in [0.3, 0.4) is 0 Å². The minimum absolute atomic E-state index is 0.00740. The van der Waals surface area contributed by atoms with Crippen molar-refractivity contribution in [2.45, 2.75) is 57.7 Å². The van der Waals surface area contributed by atoms with Crippen LogP contribution in [-0.2, 0) is 11.4 Å². The Balaban J connectivity index is 1.15. The summed E-state index contributed by atoms with van der Waals surface area (Å²) in [7, 11) is 0. The van der Waals surface area contributed by atoms with Gasteiger partial charge in [-0.1, -0.05) is 40.5 Å². The van der Waals surface area contributed by atoms with Crippen molar-refractivity contribution in [1.29, 1.82) is 0 Å². The van der Waals surface area contributed by atoms with Crippen molar-refractivity contribution < 1.29 is 27.6 Å². The zero-order valence-corrected chi connectivity index (χ0v) is 28.1. The minimum atomic E-state index is -0.756. The average Bonchev–Trinajstić information content (AvgIpc) is 3.82. The molecule has 2 aliphatic rings. The molecular formula is C36H36Cl2F2N4O4. The number of hydrogen-bond donors (Lipinski definition) is 2. The Morgan fingerprint density at radius 2 is 1.81 bits per heavy atom. The number of nitrogens with zero attached hydrogens (tertiary/aromatic N) is 2. The number of amides is 2. The van der Waals surface area contributed by atoms with Crippen molar-refractivity contribution >= 4 is 35.0 Å². The van der Waals surface area contributed by atoms with Crippen molar-refractivity contribution in [2.75, 3.05) is 19.6 Å². The van der Waals surface area contributed by atoms with Crippen molar-refractivity contribution in [3.05, 3.63) is 105 Å². The van der Waals surface area contributed by atoms with Crippen LogP contribution in [0, 0.1) is 17.6 Å². The van der Waals surface area contributed by atoms with Crippen molar-refractivity contribution in [1.82, 2.24) is 20.7 Å². The third kappa shape index (κ3) is 7.21. The Kier molecular flexibility index (Phi) is 10.3. The van der Waals surface area contributed by atoms with E-state index in [1.54, 1.807) is 18.2 Å². The second kappa shape index (κ2) is 14.6. The molecule has 1 saturated heterocycles. The molecule has 8 nitrogen and oxygen atoms in total. The van der Waals surface area contributed by atoms with Gasteiger partial charge in [0.25, 0.3) is 5.91 Å². The number of rotatable bonds is 11. The van der Waals surface area contributed by atoms with E-state index in [1.165, 1.54) is 6.07 Å². The summed E-state index contributed by atoms with van der Waals surface area (Å²) < 4.78 is 39.4. The van der Waals surface area contributed by atoms with Gasteiger partial charge in [0.1, 0.15) is 29.7 Å². The van der Waals surface area contributed by atoms with Gasteiger partial charge in [-0.05, 0) is 99.2 Å². The smallest absolute Gasteiger partial charge is 0.251 e. The Morgan fingerprint density at radius 1 is 1.06 bits per heavy atom. The predicted molar refractivity (Wildman–Crippen MR) is 179 cm³/mol. The van der Waals surface area contributed by atoms with Gasteiger partial charge in [0.05, 0.1) is 22.5 Å². The lowest BCUT2D eigenvalue weighted by atomic mass is 9.80. The van der Waals surface area contributed by atoms with Gasteiger partial charge in [-0.3, -0.25) is 9.59 Å². The van der Waals surface area contributed by atoms with Gasteiger partial charge < -0.3 is 24.8 Å². The first kappa shape index (κ1) is 33.9. The zero-order chi connectivity index (χ0) is 33.9. The molecule has 2 amide bonds. The Morgan fingerprint density at radius 3 is 2.54 bits per heavy atom. The van der Waals surface area contributed by atoms with E-state index in [2.05, 4.69) is 15.8 Å². The monoisotopic (exact) mass is 696 g/mol. The molecule has 2 N–H and O–H groups in total. The number of ether oxygens (including phenoxy) is 1. The highest BCUT2D eigenvalue weighted by Crippen LogP contribution is 2.41. The average molecular weight is 698 g/mol. The van der Waals surface area contributed by atoms with Crippen LogP contribution in [0.25, 0.3) is 11.3 Å². The molecule has 0 spiro atoms. The van der Waals surface area contributed by atoms with Crippen LogP contribution in [-0.4, -0.2) is 47.5 Å². The van der Waals surface area contributed by atoms with E-state index in [0.29, 0.717) is 35.2 Å². The standard InChI is InChI=1S/C36H36Cl2F2N4O4/c1-3-42-35(45)22-6-11-29(37)27(16-22)20(2)44(23-7-8-23)36(46)28-18-41-15-14-26(28)21-4-9-24(10-5-21)47-19-25-17-32(43-48-25)33-30(39)12-13-31(40)34(33)38/h4-6,9-13,16-17,20,23,26,28,41H,3,7-8,14-15,18-19H2,1-2H3,(H,42,45)/t20?,26-,28+/m1/s1. The number of benzene rings is 3. The maximum Gasteiger partial charge on any atom is 0.251 e. The van der Waals surface area contributed by atoms with E-state index < -0.39 is 11.6 Å². The van der Waals surface area contributed by atoms with E-state index in [1.807, 2.05) is 43.0 Å². The van der Waals surface area contributed by atoms with Crippen LogP contribution in [0.15, 0.2) is 65.2 Å². The van der Waals surface area contributed by atoms with Crippen LogP contribution in [0.1, 0.15) is 72.3 Å². The summed E-state index contributed by atoms with van der Waals surface area (Å²) in [6.45, 7) is 5.71. The molecule has 4 aromatic rings. The van der Waals surface area contributed by atoms with Crippen molar-refractivity contribution in [2.24, 2.45) is 5.92 Å². The molecule has 3 atom stereocenters. The fourth-order valence-corrected chi connectivity index (χ4v) is 6.92. The summed E-state index contributed by atoms with van der Waals surface area (Å²) in [4.78, 5) is 28.9. The Labute approximate surface area is 287 Å². The lowest BCUT2D eigenvalue weighted by Gasteiger charge is -2.38. The molecule has 0 radical (unpaired) electrons. The fraction of sp³-hybridized carbons (Fsp3) is 0.361. The molecule has 1 unspecified atom stereocenters. The molecule has 1 aliphatic carbocycles. The second-order valence-electron chi connectivity index (χ2n) is 12.2. The quantitative estimate of drug-likeness (QED) is 0.156. The predicted octanol–water partition coefficient (Wildman–Crippen LogP) is 7.70. The van der Waals surface area contributed by atoms with Gasteiger partial charge >= 0.3 is 0 Å². The van der Waals surface area contributed by atoms with Crippen LogP contribution >= 0.6 is 23.2 Å². The molecule has 3 aromatic carbocycles. The summed E-state index contributed by atoms with van der Waals surface area (Å²) in [5, 5.41) is 10.2. The lowest BCUT2D eigenvalue weighted by molar-refractivity contribution is -0.139. The SMILES string of the molecule is CCNC(=O)c1ccc(Cl)c(C(C)N(C(=O)[C@H]2CNCC[C@@H]2c2ccc(OCc3cc(-c4c(F)ccc(F)c4Cl)no3)cc2)C2CC2)c1. The van der Waals surface area contributed by atoms with Gasteiger partial charge in [-0.2, -0.15) is 0 Å². The number of aromatic nitrogens is 1. The largest absolute Gasteiger partial charge is 0.486 e. The normalized spacial score (nSPS) is 18.3. The number of carbonyl (C=O) groups excluding carboxylic acids is 2. The molecule has 1 aromatic heterocycles. The topological polar surface area (TPSA) is 96.7 Å². The summed E-state index contributed by atoms with van der Waals surface area (Å²) in [5.74, 6) is -1.00. The minimum Gasteiger partial charge on any atom is -0.486 e. The third-order valence-corrected chi connectivity index (χ3v) is 9.72. The van der Waals surface area contributed by atoms with Gasteiger partial charge in [0.2, 0.25) is 5.91 Å². The lowest BCUT2D eigenvalue weighted by Crippen LogP contribution is -2.48. The highest BCUT2D eigenvalue weighted by molar-refractivity contribution is 6.33. The van der Waals surface area contributed by atoms with Crippen LogP contribution in [0.4, 0.5) is 8.78 Å². The fourth-order valence-electron chi connectivity index (χ4n) is 6.39. The number of carbonyl (C=O) groups is 2. The van der Waals surface area contributed by atoms with E-state index in [4.69, 9.17) is 32.5 Å². The van der Waals surface area contributed by atoms with Crippen molar-refractivity contribution in [3.63, 3.8) is 0 Å². The summed E-state index contributed by atoms with van der Waals surface area (Å²) in [6, 6.07) is 16.1. The van der Waals surface area contributed by atoms with Gasteiger partial charge in [0.15, 0.2) is 5.76 Å². The van der Waals surface area contributed by atoms with Crippen LogP contribution in [0.2, 0.25) is 10.0 Å². The Bertz CT molecular complexity index is 1800. The highest BCUT2D eigenvalue weighted by Gasteiger charge is 2.43. The molecular weight excluding hydrogens is 661 g/mol. The van der Waals surface area contributed by atoms with Crippen LogP contribution in [0.5, 0.6) is 5.75 Å². The molecule has 252 valence electrons. The highest BCUT2D eigenvalue weighted by atomic mass is 35.5. The van der Waals surface area contributed by atoms with Crippen molar-refractivity contribution in [3.8, 4) is 17.0 Å². The van der Waals surface area contributed by atoms with E-state index >= 15 is 0 Å². The molecule has 0 bridgehead atoms. The molecule has 1 saturated carbocycles. The zero-order valence-electron chi connectivity index (χ0n) is 26.6. The number of hydrogen-bond acceptors (Lipinski definition) is 6. The number of piperidine rings is 1. The maximum atomic E-state index is 14.4. The van der Waals surface area contributed by atoms with Gasteiger partial charge in [-0.15, -0.1) is 0 Å². The summed E-state index contributed by atoms with van der Waals surface area (Å²) in [5.41, 5.74) is 2.19. The van der Waals surface area contributed by atoms with Gasteiger partial charge in [0, 0.05) is 35.8 Å². The van der Waals surface area contributed by atoms with E-state index in [0.717, 1.165) is 49.1 Å². The molecule has 12 heteroatoms. The van der Waals surface area contributed by atoms with E-state index in [-0.39, 0.29) is 58.6 Å². The molecule has 2 fully saturated rings. The first-order valence-electron chi connectivity index (χ1n) is 16.1. The summed E-state index contributed by atoms with van der Waals surface area (Å²) >= 11 is 12.6. The molecule has 1 aliphatic heterocycles. The molecule has 2 heterocycles. The molecule has 48 heavy (non-hydrogen) atoms. The number of halogens is 4. The van der Waals surface area contributed by atoms with Crippen LogP contribution < -0.4 is 15.4 Å². The Hall–Kier alpha value is -3.99. The third-order valence-electron chi connectivity index (χ3n) is 9.01. The maximum absolute atomic E-state index is 14.4. The summed E-state index contributed by atoms with van der Waals surface area (Å²) in [6.07, 6.45) is 2.64. The number of nitrogens with one attached hydrogen (secondary N) is 2. The first-order chi connectivity index (χ1) is 23.2. The van der Waals surface area contributed by atoms with Gasteiger partial charge in [-0.25, -0.2) is 8.78 Å². The molecule has 6 rings (SSSR count).